The molecule has 4 rings (SSSR count). The molecule has 1 fully saturated rings. The Kier molecular flexibility index (Phi) is 5.04. The molecule has 0 spiro atoms. The Bertz CT molecular complexity index is 1100. The molecule has 1 unspecified atom stereocenters. The summed E-state index contributed by atoms with van der Waals surface area (Å²) in [6, 6.07) is 9.71. The van der Waals surface area contributed by atoms with Crippen LogP contribution in [0.15, 0.2) is 41.3 Å². The first-order valence-electron chi connectivity index (χ1n) is 9.29. The van der Waals surface area contributed by atoms with Crippen LogP contribution in [0.2, 0.25) is 5.02 Å². The maximum atomic E-state index is 15.0. The van der Waals surface area contributed by atoms with E-state index in [0.29, 0.717) is 17.9 Å². The van der Waals surface area contributed by atoms with Crippen LogP contribution in [0.4, 0.5) is 8.78 Å². The quantitative estimate of drug-likeness (QED) is 0.677. The molecule has 1 aliphatic heterocycles. The molecule has 0 N–H and O–H groups in total. The van der Waals surface area contributed by atoms with Crippen LogP contribution < -0.4 is 4.74 Å². The molecule has 29 heavy (non-hydrogen) atoms. The van der Waals surface area contributed by atoms with Crippen molar-refractivity contribution in [3.05, 3.63) is 58.6 Å². The van der Waals surface area contributed by atoms with Crippen molar-refractivity contribution >= 4 is 21.4 Å². The van der Waals surface area contributed by atoms with Crippen LogP contribution in [0.25, 0.3) is 0 Å². The summed E-state index contributed by atoms with van der Waals surface area (Å²) in [4.78, 5) is 0.00199. The second-order valence-electron chi connectivity index (χ2n) is 7.59. The van der Waals surface area contributed by atoms with Gasteiger partial charge in [0.1, 0.15) is 10.6 Å². The minimum atomic E-state index is -4.12. The van der Waals surface area contributed by atoms with Gasteiger partial charge >= 0.3 is 0 Å². The molecule has 1 heterocycles. The Morgan fingerprint density at radius 1 is 1.17 bits per heavy atom. The first-order chi connectivity index (χ1) is 13.8. The SMILES string of the molecule is N#CC[C@@H]1CC[C@@]2(S(=O)(=O)c3ccc(Cl)cc3)c3c(F)ccc(F)c3OCC2C1. The summed E-state index contributed by atoms with van der Waals surface area (Å²) in [5.74, 6) is -2.54. The van der Waals surface area contributed by atoms with Gasteiger partial charge in [0.05, 0.1) is 23.1 Å². The van der Waals surface area contributed by atoms with Gasteiger partial charge < -0.3 is 4.74 Å². The highest BCUT2D eigenvalue weighted by Gasteiger charge is 2.59. The largest absolute Gasteiger partial charge is 0.490 e. The summed E-state index contributed by atoms with van der Waals surface area (Å²) in [7, 11) is -4.12. The van der Waals surface area contributed by atoms with Gasteiger partial charge in [0, 0.05) is 17.4 Å². The van der Waals surface area contributed by atoms with E-state index >= 15 is 4.39 Å². The van der Waals surface area contributed by atoms with E-state index in [0.717, 1.165) is 12.1 Å². The van der Waals surface area contributed by atoms with Gasteiger partial charge in [-0.3, -0.25) is 0 Å². The summed E-state index contributed by atoms with van der Waals surface area (Å²) in [5, 5.41) is 9.43. The van der Waals surface area contributed by atoms with Crippen LogP contribution in [-0.2, 0) is 14.6 Å². The molecule has 0 aromatic heterocycles. The van der Waals surface area contributed by atoms with Crippen molar-refractivity contribution in [1.29, 1.82) is 5.26 Å². The highest BCUT2D eigenvalue weighted by molar-refractivity contribution is 7.92. The molecule has 2 aromatic rings. The zero-order valence-corrected chi connectivity index (χ0v) is 16.9. The number of sulfone groups is 1. The van der Waals surface area contributed by atoms with Gasteiger partial charge in [0.15, 0.2) is 21.4 Å². The molecule has 0 bridgehead atoms. The Hall–Kier alpha value is -2.17. The smallest absolute Gasteiger partial charge is 0.188 e. The molecule has 3 atom stereocenters. The zero-order valence-electron chi connectivity index (χ0n) is 15.4. The van der Waals surface area contributed by atoms with Crippen LogP contribution in [0.1, 0.15) is 31.2 Å². The first kappa shape index (κ1) is 20.1. The van der Waals surface area contributed by atoms with Crippen LogP contribution in [0.3, 0.4) is 0 Å². The molecular weight excluding hydrogens is 420 g/mol. The molecule has 0 amide bonds. The van der Waals surface area contributed by atoms with E-state index in [-0.39, 0.29) is 41.6 Å². The Balaban J connectivity index is 1.96. The average Bonchev–Trinajstić information content (AvgIpc) is 2.70. The fraction of sp³-hybridized carbons (Fsp3) is 0.381. The lowest BCUT2D eigenvalue weighted by Crippen LogP contribution is -2.52. The molecule has 4 nitrogen and oxygen atoms in total. The van der Waals surface area contributed by atoms with Crippen molar-refractivity contribution in [3.8, 4) is 11.8 Å². The third kappa shape index (κ3) is 3.01. The summed E-state index contributed by atoms with van der Waals surface area (Å²) in [5.41, 5.74) is -0.237. The Morgan fingerprint density at radius 3 is 2.55 bits per heavy atom. The summed E-state index contributed by atoms with van der Waals surface area (Å²) in [6.45, 7) is -0.0535. The lowest BCUT2D eigenvalue weighted by Gasteiger charge is -2.48. The van der Waals surface area contributed by atoms with Crippen LogP contribution in [-0.4, -0.2) is 15.0 Å². The summed E-state index contributed by atoms with van der Waals surface area (Å²) >= 11 is 5.91. The fourth-order valence-corrected chi connectivity index (χ4v) is 7.23. The van der Waals surface area contributed by atoms with Crippen molar-refractivity contribution in [2.75, 3.05) is 6.61 Å². The second kappa shape index (κ2) is 7.26. The van der Waals surface area contributed by atoms with Crippen LogP contribution >= 0.6 is 11.6 Å². The molecule has 1 saturated carbocycles. The lowest BCUT2D eigenvalue weighted by atomic mass is 9.68. The molecule has 0 radical (unpaired) electrons. The topological polar surface area (TPSA) is 67.2 Å². The van der Waals surface area contributed by atoms with Gasteiger partial charge in [-0.05, 0) is 61.6 Å². The predicted molar refractivity (Wildman–Crippen MR) is 103 cm³/mol. The van der Waals surface area contributed by atoms with E-state index in [1.54, 1.807) is 0 Å². The zero-order chi connectivity index (χ0) is 20.8. The molecular formula is C21H18ClF2NO3S. The standard InChI is InChI=1S/C21H18ClF2NO3S/c22-15-1-3-16(4-2-15)29(26,27)21-9-7-13(8-10-25)11-14(21)12-28-20-18(24)6-5-17(23)19(20)21/h1-6,13-14H,7-9,11-12H2/t13-,14?,21-/m0/s1. The molecule has 2 aliphatic rings. The maximum Gasteiger partial charge on any atom is 0.188 e. The number of nitrogens with zero attached hydrogens (tertiary/aromatic N) is 1. The number of hydrogen-bond acceptors (Lipinski definition) is 4. The highest BCUT2D eigenvalue weighted by Crippen LogP contribution is 2.57. The molecule has 8 heteroatoms. The van der Waals surface area contributed by atoms with Crippen LogP contribution in [0, 0.1) is 34.8 Å². The Labute approximate surface area is 173 Å². The van der Waals surface area contributed by atoms with Crippen molar-refractivity contribution in [1.82, 2.24) is 0 Å². The number of hydrogen-bond donors (Lipinski definition) is 0. The molecule has 0 saturated heterocycles. The maximum absolute atomic E-state index is 15.0. The minimum absolute atomic E-state index is 0.00199. The number of benzene rings is 2. The van der Waals surface area contributed by atoms with E-state index < -0.39 is 32.1 Å². The normalized spacial score (nSPS) is 26.0. The summed E-state index contributed by atoms with van der Waals surface area (Å²) < 4.78 is 61.2. The van der Waals surface area contributed by atoms with Gasteiger partial charge in [-0.25, -0.2) is 17.2 Å². The van der Waals surface area contributed by atoms with Crippen molar-refractivity contribution in [2.45, 2.75) is 35.3 Å². The summed E-state index contributed by atoms with van der Waals surface area (Å²) in [6.07, 6.45) is 1.18. The average molecular weight is 438 g/mol. The monoisotopic (exact) mass is 437 g/mol. The fourth-order valence-electron chi connectivity index (χ4n) is 4.74. The number of halogens is 3. The van der Waals surface area contributed by atoms with E-state index in [1.807, 2.05) is 0 Å². The number of rotatable bonds is 3. The molecule has 152 valence electrons. The van der Waals surface area contributed by atoms with Gasteiger partial charge in [0.25, 0.3) is 0 Å². The minimum Gasteiger partial charge on any atom is -0.490 e. The van der Waals surface area contributed by atoms with E-state index in [1.165, 1.54) is 24.3 Å². The number of fused-ring (bicyclic) bond motifs is 3. The van der Waals surface area contributed by atoms with E-state index in [4.69, 9.17) is 21.6 Å². The number of ether oxygens (including phenoxy) is 1. The van der Waals surface area contributed by atoms with Crippen molar-refractivity contribution in [3.63, 3.8) is 0 Å². The van der Waals surface area contributed by atoms with E-state index in [9.17, 15) is 12.8 Å². The van der Waals surface area contributed by atoms with Crippen molar-refractivity contribution in [2.24, 2.45) is 11.8 Å². The second-order valence-corrected chi connectivity index (χ2v) is 10.2. The molecule has 1 aliphatic carbocycles. The van der Waals surface area contributed by atoms with Gasteiger partial charge in [-0.2, -0.15) is 5.26 Å². The highest BCUT2D eigenvalue weighted by atomic mass is 35.5. The third-order valence-corrected chi connectivity index (χ3v) is 8.94. The number of nitriles is 1. The Morgan fingerprint density at radius 2 is 1.86 bits per heavy atom. The predicted octanol–water partition coefficient (Wildman–Crippen LogP) is 5.01. The molecule has 2 aromatic carbocycles. The van der Waals surface area contributed by atoms with Gasteiger partial charge in [-0.1, -0.05) is 11.6 Å². The van der Waals surface area contributed by atoms with Gasteiger partial charge in [0.2, 0.25) is 0 Å². The third-order valence-electron chi connectivity index (χ3n) is 6.10. The van der Waals surface area contributed by atoms with Gasteiger partial charge in [-0.15, -0.1) is 0 Å². The lowest BCUT2D eigenvalue weighted by molar-refractivity contribution is 0.0992. The first-order valence-corrected chi connectivity index (χ1v) is 11.2. The van der Waals surface area contributed by atoms with E-state index in [2.05, 4.69) is 6.07 Å². The van der Waals surface area contributed by atoms with Crippen molar-refractivity contribution < 1.29 is 21.9 Å². The van der Waals surface area contributed by atoms with Crippen LogP contribution in [0.5, 0.6) is 5.75 Å².